The number of ether oxygens (including phenoxy) is 1. The summed E-state index contributed by atoms with van der Waals surface area (Å²) < 4.78 is 5.05. The van der Waals surface area contributed by atoms with E-state index in [0.29, 0.717) is 11.3 Å². The molecule has 6 heteroatoms. The highest BCUT2D eigenvalue weighted by Gasteiger charge is 2.08. The summed E-state index contributed by atoms with van der Waals surface area (Å²) in [4.78, 5) is 23.6. The van der Waals surface area contributed by atoms with E-state index in [0.717, 1.165) is 11.1 Å². The molecule has 2 aromatic carbocycles. The average molecular weight is 325 g/mol. The van der Waals surface area contributed by atoms with Crippen LogP contribution in [0.2, 0.25) is 0 Å². The third kappa shape index (κ3) is 5.24. The second kappa shape index (κ2) is 8.47. The van der Waals surface area contributed by atoms with E-state index >= 15 is 0 Å². The molecular formula is C18H19N3O3. The van der Waals surface area contributed by atoms with Gasteiger partial charge in [-0.1, -0.05) is 35.9 Å². The lowest BCUT2D eigenvalue weighted by Crippen LogP contribution is -2.34. The molecule has 0 fully saturated rings. The van der Waals surface area contributed by atoms with Gasteiger partial charge in [-0.15, -0.1) is 0 Å². The SMILES string of the molecule is COc1cccc(C(=O)NCC(=O)N/N=C/c2ccc(C)cc2)c1. The van der Waals surface area contributed by atoms with Crippen LogP contribution in [0.3, 0.4) is 0 Å². The van der Waals surface area contributed by atoms with Crippen molar-refractivity contribution >= 4 is 18.0 Å². The van der Waals surface area contributed by atoms with Crippen LogP contribution in [-0.4, -0.2) is 31.7 Å². The Morgan fingerprint density at radius 1 is 1.17 bits per heavy atom. The van der Waals surface area contributed by atoms with Crippen LogP contribution in [0, 0.1) is 6.92 Å². The summed E-state index contributed by atoms with van der Waals surface area (Å²) in [6.07, 6.45) is 1.54. The summed E-state index contributed by atoms with van der Waals surface area (Å²) in [5, 5.41) is 6.38. The first kappa shape index (κ1) is 17.2. The largest absolute Gasteiger partial charge is 0.497 e. The molecule has 0 spiro atoms. The Balaban J connectivity index is 1.80. The van der Waals surface area contributed by atoms with Gasteiger partial charge in [0, 0.05) is 5.56 Å². The smallest absolute Gasteiger partial charge is 0.259 e. The summed E-state index contributed by atoms with van der Waals surface area (Å²) in [5.41, 5.74) is 4.81. The Kier molecular flexibility index (Phi) is 6.08. The lowest BCUT2D eigenvalue weighted by molar-refractivity contribution is -0.120. The number of nitrogens with one attached hydrogen (secondary N) is 2. The van der Waals surface area contributed by atoms with E-state index in [2.05, 4.69) is 15.8 Å². The summed E-state index contributed by atoms with van der Waals surface area (Å²) in [6, 6.07) is 14.4. The van der Waals surface area contributed by atoms with Gasteiger partial charge in [-0.2, -0.15) is 5.10 Å². The molecule has 2 aromatic rings. The molecule has 0 aromatic heterocycles. The molecule has 0 radical (unpaired) electrons. The zero-order valence-electron chi connectivity index (χ0n) is 13.6. The molecule has 24 heavy (non-hydrogen) atoms. The minimum absolute atomic E-state index is 0.165. The molecule has 2 N–H and O–H groups in total. The van der Waals surface area contributed by atoms with Crippen LogP contribution in [0.4, 0.5) is 0 Å². The first-order valence-corrected chi connectivity index (χ1v) is 7.39. The van der Waals surface area contributed by atoms with Crippen LogP contribution in [0.1, 0.15) is 21.5 Å². The van der Waals surface area contributed by atoms with E-state index in [9.17, 15) is 9.59 Å². The molecule has 2 rings (SSSR count). The van der Waals surface area contributed by atoms with Gasteiger partial charge in [-0.25, -0.2) is 5.43 Å². The molecule has 124 valence electrons. The Morgan fingerprint density at radius 3 is 2.62 bits per heavy atom. The number of carbonyl (C=O) groups is 2. The maximum absolute atomic E-state index is 12.0. The number of amides is 2. The van der Waals surface area contributed by atoms with Crippen LogP contribution in [0.15, 0.2) is 53.6 Å². The van der Waals surface area contributed by atoms with Crippen LogP contribution in [0.5, 0.6) is 5.75 Å². The number of carbonyl (C=O) groups excluding carboxylic acids is 2. The van der Waals surface area contributed by atoms with E-state index in [4.69, 9.17) is 4.74 Å². The lowest BCUT2D eigenvalue weighted by atomic mass is 10.2. The number of methoxy groups -OCH3 is 1. The first-order chi connectivity index (χ1) is 11.6. The van der Waals surface area contributed by atoms with Gasteiger partial charge in [-0.05, 0) is 30.7 Å². The fourth-order valence-corrected chi connectivity index (χ4v) is 1.90. The van der Waals surface area contributed by atoms with Crippen molar-refractivity contribution in [3.05, 3.63) is 65.2 Å². The highest BCUT2D eigenvalue weighted by atomic mass is 16.5. The topological polar surface area (TPSA) is 79.8 Å². The molecule has 0 aliphatic rings. The minimum atomic E-state index is -0.408. The van der Waals surface area contributed by atoms with E-state index in [1.165, 1.54) is 7.11 Å². The second-order valence-electron chi connectivity index (χ2n) is 5.12. The van der Waals surface area contributed by atoms with Gasteiger partial charge in [-0.3, -0.25) is 9.59 Å². The quantitative estimate of drug-likeness (QED) is 0.629. The zero-order chi connectivity index (χ0) is 17.4. The standard InChI is InChI=1S/C18H19N3O3/c1-13-6-8-14(9-7-13)11-20-21-17(22)12-19-18(23)15-4-3-5-16(10-15)24-2/h3-11H,12H2,1-2H3,(H,19,23)(H,21,22)/b20-11+. The maximum atomic E-state index is 12.0. The zero-order valence-corrected chi connectivity index (χ0v) is 13.6. The Hall–Kier alpha value is -3.15. The van der Waals surface area contributed by atoms with E-state index < -0.39 is 5.91 Å². The number of hydrogen-bond acceptors (Lipinski definition) is 4. The Morgan fingerprint density at radius 2 is 1.92 bits per heavy atom. The highest BCUT2D eigenvalue weighted by Crippen LogP contribution is 2.12. The van der Waals surface area contributed by atoms with Gasteiger partial charge in [0.2, 0.25) is 0 Å². The second-order valence-corrected chi connectivity index (χ2v) is 5.12. The third-order valence-electron chi connectivity index (χ3n) is 3.22. The molecule has 6 nitrogen and oxygen atoms in total. The van der Waals surface area contributed by atoms with Crippen molar-refractivity contribution in [1.82, 2.24) is 10.7 Å². The summed E-state index contributed by atoms with van der Waals surface area (Å²) in [5.74, 6) is -0.184. The lowest BCUT2D eigenvalue weighted by Gasteiger charge is -2.06. The number of benzene rings is 2. The van der Waals surface area contributed by atoms with Crippen molar-refractivity contribution < 1.29 is 14.3 Å². The van der Waals surface area contributed by atoms with E-state index in [1.807, 2.05) is 31.2 Å². The number of nitrogens with zero attached hydrogens (tertiary/aromatic N) is 1. The Labute approximate surface area is 140 Å². The van der Waals surface area contributed by atoms with Gasteiger partial charge < -0.3 is 10.1 Å². The van der Waals surface area contributed by atoms with Gasteiger partial charge in [0.15, 0.2) is 0 Å². The monoisotopic (exact) mass is 325 g/mol. The van der Waals surface area contributed by atoms with Crippen molar-refractivity contribution in [1.29, 1.82) is 0 Å². The summed E-state index contributed by atoms with van der Waals surface area (Å²) >= 11 is 0. The normalized spacial score (nSPS) is 10.4. The van der Waals surface area contributed by atoms with Gasteiger partial charge >= 0.3 is 0 Å². The van der Waals surface area contributed by atoms with E-state index in [1.54, 1.807) is 30.5 Å². The fraction of sp³-hybridized carbons (Fsp3) is 0.167. The van der Waals surface area contributed by atoms with Crippen LogP contribution >= 0.6 is 0 Å². The fourth-order valence-electron chi connectivity index (χ4n) is 1.90. The molecule has 0 atom stereocenters. The molecule has 0 aliphatic heterocycles. The maximum Gasteiger partial charge on any atom is 0.259 e. The molecule has 0 unspecified atom stereocenters. The number of hydrogen-bond donors (Lipinski definition) is 2. The van der Waals surface area contributed by atoms with Crippen molar-refractivity contribution in [3.63, 3.8) is 0 Å². The summed E-state index contributed by atoms with van der Waals surface area (Å²) in [7, 11) is 1.52. The predicted octanol–water partition coefficient (Wildman–Crippen LogP) is 1.88. The van der Waals surface area contributed by atoms with Crippen molar-refractivity contribution in [2.24, 2.45) is 5.10 Å². The first-order valence-electron chi connectivity index (χ1n) is 7.39. The number of rotatable bonds is 6. The molecule has 2 amide bonds. The minimum Gasteiger partial charge on any atom is -0.497 e. The van der Waals surface area contributed by atoms with Gasteiger partial charge in [0.25, 0.3) is 11.8 Å². The van der Waals surface area contributed by atoms with Crippen molar-refractivity contribution in [2.45, 2.75) is 6.92 Å². The van der Waals surface area contributed by atoms with Crippen molar-refractivity contribution in [3.8, 4) is 5.75 Å². The van der Waals surface area contributed by atoms with Crippen LogP contribution < -0.4 is 15.5 Å². The molecule has 0 saturated carbocycles. The predicted molar refractivity (Wildman–Crippen MR) is 92.2 cm³/mol. The van der Waals surface area contributed by atoms with E-state index in [-0.39, 0.29) is 12.5 Å². The molecule has 0 heterocycles. The molecule has 0 aliphatic carbocycles. The van der Waals surface area contributed by atoms with Crippen molar-refractivity contribution in [2.75, 3.05) is 13.7 Å². The molecular weight excluding hydrogens is 306 g/mol. The van der Waals surface area contributed by atoms with Gasteiger partial charge in [0.05, 0.1) is 19.9 Å². The number of hydrazone groups is 1. The van der Waals surface area contributed by atoms with Crippen LogP contribution in [0.25, 0.3) is 0 Å². The highest BCUT2D eigenvalue weighted by molar-refractivity contribution is 5.96. The molecule has 0 bridgehead atoms. The number of aryl methyl sites for hydroxylation is 1. The van der Waals surface area contributed by atoms with Crippen LogP contribution in [-0.2, 0) is 4.79 Å². The average Bonchev–Trinajstić information content (AvgIpc) is 2.61. The Bertz CT molecular complexity index is 739. The third-order valence-corrected chi connectivity index (χ3v) is 3.22. The summed E-state index contributed by atoms with van der Waals surface area (Å²) in [6.45, 7) is 1.83. The van der Waals surface area contributed by atoms with Gasteiger partial charge in [0.1, 0.15) is 5.75 Å². The molecule has 0 saturated heterocycles.